The summed E-state index contributed by atoms with van der Waals surface area (Å²) >= 11 is 0. The maximum Gasteiger partial charge on any atom is 0.161 e. The first-order valence-electron chi connectivity index (χ1n) is 7.33. The van der Waals surface area contributed by atoms with E-state index >= 15 is 0 Å². The number of hydrogen-bond acceptors (Lipinski definition) is 5. The molecule has 6 heteroatoms. The van der Waals surface area contributed by atoms with Crippen LogP contribution in [0, 0.1) is 0 Å². The summed E-state index contributed by atoms with van der Waals surface area (Å²) in [5, 5.41) is 7.70. The Hall–Kier alpha value is -3.02. The molecule has 0 spiro atoms. The topological polar surface area (TPSA) is 52.4 Å². The predicted octanol–water partition coefficient (Wildman–Crippen LogP) is 2.63. The molecule has 2 heterocycles. The Balaban J connectivity index is 1.61. The molecule has 4 rings (SSSR count). The smallest absolute Gasteiger partial charge is 0.161 e. The molecular weight excluding hydrogens is 292 g/mol. The number of anilines is 1. The van der Waals surface area contributed by atoms with Crippen LogP contribution in [-0.4, -0.2) is 28.6 Å². The van der Waals surface area contributed by atoms with Crippen LogP contribution in [0.15, 0.2) is 55.1 Å². The minimum Gasteiger partial charge on any atom is -0.497 e. The van der Waals surface area contributed by atoms with E-state index in [2.05, 4.69) is 21.2 Å². The lowest BCUT2D eigenvalue weighted by atomic mass is 10.1. The van der Waals surface area contributed by atoms with Crippen LogP contribution >= 0.6 is 0 Å². The van der Waals surface area contributed by atoms with E-state index < -0.39 is 0 Å². The van der Waals surface area contributed by atoms with Crippen LogP contribution in [0.2, 0.25) is 0 Å². The molecule has 2 aromatic carbocycles. The quantitative estimate of drug-likeness (QED) is 0.744. The molecule has 3 aromatic rings. The van der Waals surface area contributed by atoms with Gasteiger partial charge in [0.15, 0.2) is 6.73 Å². The summed E-state index contributed by atoms with van der Waals surface area (Å²) in [4.78, 5) is 2.18. The molecule has 0 saturated heterocycles. The highest BCUT2D eigenvalue weighted by Gasteiger charge is 2.18. The molecular formula is C17H16N4O2. The van der Waals surface area contributed by atoms with Crippen molar-refractivity contribution in [3.8, 4) is 17.2 Å². The Kier molecular flexibility index (Phi) is 3.34. The Morgan fingerprint density at radius 3 is 2.48 bits per heavy atom. The lowest BCUT2D eigenvalue weighted by Crippen LogP contribution is -2.31. The molecule has 0 amide bonds. The van der Waals surface area contributed by atoms with Gasteiger partial charge in [-0.2, -0.15) is 0 Å². The molecule has 0 aliphatic carbocycles. The SMILES string of the molecule is COc1ccc(N2COc3ccc(-n4cnnc4)cc3C2)cc1. The van der Waals surface area contributed by atoms with Gasteiger partial charge >= 0.3 is 0 Å². The van der Waals surface area contributed by atoms with E-state index in [0.29, 0.717) is 6.73 Å². The molecule has 0 fully saturated rings. The van der Waals surface area contributed by atoms with E-state index in [9.17, 15) is 0 Å². The van der Waals surface area contributed by atoms with Gasteiger partial charge in [0.25, 0.3) is 0 Å². The summed E-state index contributed by atoms with van der Waals surface area (Å²) in [6.45, 7) is 1.32. The number of aromatic nitrogens is 3. The van der Waals surface area contributed by atoms with Gasteiger partial charge in [0.1, 0.15) is 24.2 Å². The molecule has 0 radical (unpaired) electrons. The summed E-state index contributed by atoms with van der Waals surface area (Å²) in [6, 6.07) is 14.1. The molecule has 0 saturated carbocycles. The number of methoxy groups -OCH3 is 1. The molecule has 1 aliphatic heterocycles. The van der Waals surface area contributed by atoms with Gasteiger partial charge in [-0.1, -0.05) is 0 Å². The monoisotopic (exact) mass is 308 g/mol. The van der Waals surface area contributed by atoms with Crippen LogP contribution in [-0.2, 0) is 6.54 Å². The van der Waals surface area contributed by atoms with E-state index in [-0.39, 0.29) is 0 Å². The Morgan fingerprint density at radius 1 is 1.00 bits per heavy atom. The average molecular weight is 308 g/mol. The number of benzene rings is 2. The van der Waals surface area contributed by atoms with Crippen molar-refractivity contribution in [1.29, 1.82) is 0 Å². The standard InChI is InChI=1S/C17H16N4O2/c1-22-16-5-2-14(3-6-16)20-9-13-8-15(21-10-18-19-11-21)4-7-17(13)23-12-20/h2-8,10-11H,9,12H2,1H3. The van der Waals surface area contributed by atoms with Crippen LogP contribution in [0.3, 0.4) is 0 Å². The summed E-state index contributed by atoms with van der Waals surface area (Å²) in [7, 11) is 1.67. The van der Waals surface area contributed by atoms with E-state index in [4.69, 9.17) is 9.47 Å². The highest BCUT2D eigenvalue weighted by atomic mass is 16.5. The zero-order valence-electron chi connectivity index (χ0n) is 12.7. The van der Waals surface area contributed by atoms with Gasteiger partial charge in [-0.05, 0) is 42.5 Å². The van der Waals surface area contributed by atoms with Crippen LogP contribution in [0.4, 0.5) is 5.69 Å². The maximum absolute atomic E-state index is 5.87. The van der Waals surface area contributed by atoms with Crippen LogP contribution in [0.1, 0.15) is 5.56 Å². The third kappa shape index (κ3) is 2.59. The van der Waals surface area contributed by atoms with Gasteiger partial charge in [-0.3, -0.25) is 4.57 Å². The fourth-order valence-electron chi connectivity index (χ4n) is 2.68. The second kappa shape index (κ2) is 5.64. The normalized spacial score (nSPS) is 13.3. The summed E-state index contributed by atoms with van der Waals surface area (Å²) in [5.74, 6) is 1.77. The molecule has 1 aromatic heterocycles. The van der Waals surface area contributed by atoms with Crippen molar-refractivity contribution in [2.45, 2.75) is 6.54 Å². The highest BCUT2D eigenvalue weighted by Crippen LogP contribution is 2.30. The van der Waals surface area contributed by atoms with Crippen molar-refractivity contribution < 1.29 is 9.47 Å². The average Bonchev–Trinajstić information content (AvgIpc) is 3.15. The molecule has 0 atom stereocenters. The van der Waals surface area contributed by atoms with E-state index in [0.717, 1.165) is 35.0 Å². The van der Waals surface area contributed by atoms with Gasteiger partial charge in [-0.25, -0.2) is 0 Å². The van der Waals surface area contributed by atoms with Crippen molar-refractivity contribution in [3.05, 3.63) is 60.7 Å². The first-order valence-corrected chi connectivity index (χ1v) is 7.33. The third-order valence-corrected chi connectivity index (χ3v) is 3.94. The molecule has 6 nitrogen and oxygen atoms in total. The molecule has 0 N–H and O–H groups in total. The Morgan fingerprint density at radius 2 is 1.74 bits per heavy atom. The number of fused-ring (bicyclic) bond motifs is 1. The Bertz CT molecular complexity index is 800. The molecule has 0 unspecified atom stereocenters. The summed E-state index contributed by atoms with van der Waals surface area (Å²) in [5.41, 5.74) is 3.26. The fraction of sp³-hybridized carbons (Fsp3) is 0.176. The van der Waals surface area contributed by atoms with Gasteiger partial charge in [-0.15, -0.1) is 10.2 Å². The third-order valence-electron chi connectivity index (χ3n) is 3.94. The van der Waals surface area contributed by atoms with Crippen molar-refractivity contribution in [3.63, 3.8) is 0 Å². The van der Waals surface area contributed by atoms with E-state index in [1.807, 2.05) is 41.0 Å². The van der Waals surface area contributed by atoms with Gasteiger partial charge in [0, 0.05) is 23.5 Å². The van der Waals surface area contributed by atoms with Gasteiger partial charge in [0.2, 0.25) is 0 Å². The molecule has 116 valence electrons. The highest BCUT2D eigenvalue weighted by molar-refractivity contribution is 5.53. The fourth-order valence-corrected chi connectivity index (χ4v) is 2.68. The van der Waals surface area contributed by atoms with E-state index in [1.54, 1.807) is 19.8 Å². The lowest BCUT2D eigenvalue weighted by Gasteiger charge is -2.31. The zero-order valence-corrected chi connectivity index (χ0v) is 12.7. The molecule has 1 aliphatic rings. The van der Waals surface area contributed by atoms with Gasteiger partial charge in [0.05, 0.1) is 7.11 Å². The van der Waals surface area contributed by atoms with Crippen molar-refractivity contribution in [2.24, 2.45) is 0 Å². The second-order valence-electron chi connectivity index (χ2n) is 5.33. The maximum atomic E-state index is 5.87. The first kappa shape index (κ1) is 13.6. The van der Waals surface area contributed by atoms with Crippen molar-refractivity contribution >= 4 is 5.69 Å². The van der Waals surface area contributed by atoms with Crippen LogP contribution in [0.25, 0.3) is 5.69 Å². The minimum atomic E-state index is 0.533. The number of nitrogens with zero attached hydrogens (tertiary/aromatic N) is 4. The van der Waals surface area contributed by atoms with Crippen molar-refractivity contribution in [2.75, 3.05) is 18.7 Å². The molecule has 23 heavy (non-hydrogen) atoms. The van der Waals surface area contributed by atoms with Crippen LogP contribution < -0.4 is 14.4 Å². The number of hydrogen-bond donors (Lipinski definition) is 0. The lowest BCUT2D eigenvalue weighted by molar-refractivity contribution is 0.289. The van der Waals surface area contributed by atoms with Crippen LogP contribution in [0.5, 0.6) is 11.5 Å². The molecule has 0 bridgehead atoms. The second-order valence-corrected chi connectivity index (χ2v) is 5.33. The first-order chi connectivity index (χ1) is 11.3. The number of ether oxygens (including phenoxy) is 2. The summed E-state index contributed by atoms with van der Waals surface area (Å²) < 4.78 is 13.0. The Labute approximate surface area is 133 Å². The predicted molar refractivity (Wildman–Crippen MR) is 86.0 cm³/mol. The van der Waals surface area contributed by atoms with Gasteiger partial charge < -0.3 is 14.4 Å². The van der Waals surface area contributed by atoms with E-state index in [1.165, 1.54) is 0 Å². The number of rotatable bonds is 3. The minimum absolute atomic E-state index is 0.533. The van der Waals surface area contributed by atoms with Crippen molar-refractivity contribution in [1.82, 2.24) is 14.8 Å². The zero-order chi connectivity index (χ0) is 15.6. The largest absolute Gasteiger partial charge is 0.497 e. The summed E-state index contributed by atoms with van der Waals surface area (Å²) in [6.07, 6.45) is 3.37.